The second kappa shape index (κ2) is 10.1. The third-order valence-electron chi connectivity index (χ3n) is 4.73. The quantitative estimate of drug-likeness (QED) is 0.302. The number of nitrogens with zero attached hydrogens (tertiary/aromatic N) is 2. The average molecular weight is 470 g/mol. The van der Waals surface area contributed by atoms with E-state index in [9.17, 15) is 9.59 Å². The maximum Gasteiger partial charge on any atom is 0.272 e. The predicted molar refractivity (Wildman–Crippen MR) is 128 cm³/mol. The van der Waals surface area contributed by atoms with Crippen LogP contribution in [0.3, 0.4) is 0 Å². The molecule has 2 aromatic carbocycles. The lowest BCUT2D eigenvalue weighted by molar-refractivity contribution is -0.118. The van der Waals surface area contributed by atoms with E-state index in [1.54, 1.807) is 10.6 Å². The van der Waals surface area contributed by atoms with Gasteiger partial charge in [-0.15, -0.1) is 11.3 Å². The van der Waals surface area contributed by atoms with Gasteiger partial charge in [-0.25, -0.2) is 4.98 Å². The monoisotopic (exact) mass is 469 g/mol. The minimum atomic E-state index is -0.119. The van der Waals surface area contributed by atoms with Gasteiger partial charge in [0.15, 0.2) is 5.16 Å². The molecule has 0 saturated carbocycles. The van der Waals surface area contributed by atoms with Gasteiger partial charge in [0.25, 0.3) is 5.56 Å². The molecule has 0 saturated heterocycles. The van der Waals surface area contributed by atoms with Crippen LogP contribution in [-0.2, 0) is 17.8 Å². The third kappa shape index (κ3) is 5.36. The standard InChI is InChI=1S/C23H20ClN3O2S2/c24-18-9-5-4-8-17(18)14-27-22(29)21-19(11-13-30-21)26-23(27)31-15-20(28)25-12-10-16-6-2-1-3-7-16/h1-9,11,13H,10,12,14-15H2,(H,25,28). The van der Waals surface area contributed by atoms with Gasteiger partial charge in [-0.1, -0.05) is 71.9 Å². The van der Waals surface area contributed by atoms with Gasteiger partial charge in [0.1, 0.15) is 4.70 Å². The molecule has 4 rings (SSSR count). The maximum atomic E-state index is 13.1. The Morgan fingerprint density at radius 2 is 1.87 bits per heavy atom. The van der Waals surface area contributed by atoms with Crippen molar-refractivity contribution >= 4 is 50.8 Å². The molecule has 31 heavy (non-hydrogen) atoms. The van der Waals surface area contributed by atoms with Gasteiger partial charge in [-0.3, -0.25) is 14.2 Å². The summed E-state index contributed by atoms with van der Waals surface area (Å²) < 4.78 is 2.20. The van der Waals surface area contributed by atoms with E-state index in [0.717, 1.165) is 12.0 Å². The highest BCUT2D eigenvalue weighted by Crippen LogP contribution is 2.23. The molecule has 158 valence electrons. The minimum absolute atomic E-state index is 0.0927. The van der Waals surface area contributed by atoms with Crippen LogP contribution >= 0.6 is 34.7 Å². The summed E-state index contributed by atoms with van der Waals surface area (Å²) in [6.45, 7) is 0.865. The Morgan fingerprint density at radius 3 is 2.68 bits per heavy atom. The number of carbonyl (C=O) groups is 1. The molecule has 0 fully saturated rings. The molecule has 2 heterocycles. The second-order valence-electron chi connectivity index (χ2n) is 6.89. The van der Waals surface area contributed by atoms with Gasteiger partial charge in [-0.2, -0.15) is 0 Å². The van der Waals surface area contributed by atoms with Gasteiger partial charge < -0.3 is 5.32 Å². The molecule has 0 aliphatic carbocycles. The number of aromatic nitrogens is 2. The lowest BCUT2D eigenvalue weighted by atomic mass is 10.1. The van der Waals surface area contributed by atoms with Gasteiger partial charge in [-0.05, 0) is 35.1 Å². The molecule has 0 radical (unpaired) electrons. The maximum absolute atomic E-state index is 13.1. The number of benzene rings is 2. The first-order valence-electron chi connectivity index (χ1n) is 9.76. The largest absolute Gasteiger partial charge is 0.355 e. The van der Waals surface area contributed by atoms with Crippen LogP contribution in [0.25, 0.3) is 10.2 Å². The van der Waals surface area contributed by atoms with Crippen LogP contribution in [0.1, 0.15) is 11.1 Å². The topological polar surface area (TPSA) is 64.0 Å². The van der Waals surface area contributed by atoms with Crippen molar-refractivity contribution in [2.75, 3.05) is 12.3 Å². The number of hydrogen-bond acceptors (Lipinski definition) is 5. The van der Waals surface area contributed by atoms with Crippen LogP contribution in [0.2, 0.25) is 5.02 Å². The first-order valence-corrected chi connectivity index (χ1v) is 12.0. The van der Waals surface area contributed by atoms with Crippen molar-refractivity contribution in [3.63, 3.8) is 0 Å². The Balaban J connectivity index is 1.48. The normalized spacial score (nSPS) is 11.0. The van der Waals surface area contributed by atoms with E-state index in [2.05, 4.69) is 10.3 Å². The number of nitrogens with one attached hydrogen (secondary N) is 1. The third-order valence-corrected chi connectivity index (χ3v) is 6.96. The van der Waals surface area contributed by atoms with E-state index in [0.29, 0.717) is 33.5 Å². The zero-order valence-corrected chi connectivity index (χ0v) is 19.0. The molecule has 0 aliphatic heterocycles. The highest BCUT2D eigenvalue weighted by molar-refractivity contribution is 7.99. The van der Waals surface area contributed by atoms with Crippen LogP contribution in [0.4, 0.5) is 0 Å². The Labute approximate surface area is 193 Å². The minimum Gasteiger partial charge on any atom is -0.355 e. The van der Waals surface area contributed by atoms with Crippen LogP contribution in [0, 0.1) is 0 Å². The van der Waals surface area contributed by atoms with Crippen molar-refractivity contribution in [2.45, 2.75) is 18.1 Å². The second-order valence-corrected chi connectivity index (χ2v) is 9.15. The van der Waals surface area contributed by atoms with Gasteiger partial charge in [0.05, 0.1) is 17.8 Å². The summed E-state index contributed by atoms with van der Waals surface area (Å²) in [5.41, 5.74) is 2.54. The number of thioether (sulfide) groups is 1. The van der Waals surface area contributed by atoms with Gasteiger partial charge >= 0.3 is 0 Å². The fraction of sp³-hybridized carbons (Fsp3) is 0.174. The fourth-order valence-electron chi connectivity index (χ4n) is 3.14. The molecule has 8 heteroatoms. The molecule has 0 spiro atoms. The molecule has 0 bridgehead atoms. The van der Waals surface area contributed by atoms with Crippen LogP contribution in [0.5, 0.6) is 0 Å². The van der Waals surface area contributed by atoms with Gasteiger partial charge in [0.2, 0.25) is 5.91 Å². The fourth-order valence-corrected chi connectivity index (χ4v) is 4.94. The molecule has 0 unspecified atom stereocenters. The van der Waals surface area contributed by atoms with E-state index >= 15 is 0 Å². The summed E-state index contributed by atoms with van der Waals surface area (Å²) in [4.78, 5) is 30.1. The molecule has 0 atom stereocenters. The van der Waals surface area contributed by atoms with E-state index in [1.807, 2.05) is 60.0 Å². The van der Waals surface area contributed by atoms with Crippen molar-refractivity contribution in [2.24, 2.45) is 0 Å². The summed E-state index contributed by atoms with van der Waals surface area (Å²) in [5, 5.41) is 5.88. The zero-order valence-electron chi connectivity index (χ0n) is 16.6. The molecular formula is C23H20ClN3O2S2. The van der Waals surface area contributed by atoms with Crippen molar-refractivity contribution in [3.8, 4) is 0 Å². The van der Waals surface area contributed by atoms with E-state index in [4.69, 9.17) is 11.6 Å². The van der Waals surface area contributed by atoms with Crippen molar-refractivity contribution < 1.29 is 4.79 Å². The molecule has 5 nitrogen and oxygen atoms in total. The van der Waals surface area contributed by atoms with Crippen LogP contribution in [0.15, 0.2) is 76.0 Å². The highest BCUT2D eigenvalue weighted by atomic mass is 35.5. The summed E-state index contributed by atoms with van der Waals surface area (Å²) in [6, 6.07) is 19.3. The van der Waals surface area contributed by atoms with Crippen LogP contribution < -0.4 is 10.9 Å². The molecule has 1 amide bonds. The van der Waals surface area contributed by atoms with Crippen molar-refractivity contribution in [3.05, 3.63) is 92.5 Å². The Hall–Kier alpha value is -2.61. The van der Waals surface area contributed by atoms with E-state index < -0.39 is 0 Å². The number of amides is 1. The number of hydrogen-bond donors (Lipinski definition) is 1. The summed E-state index contributed by atoms with van der Waals surface area (Å²) in [7, 11) is 0. The first kappa shape index (κ1) is 21.6. The van der Waals surface area contributed by atoms with Crippen LogP contribution in [-0.4, -0.2) is 27.8 Å². The smallest absolute Gasteiger partial charge is 0.272 e. The van der Waals surface area contributed by atoms with E-state index in [-0.39, 0.29) is 17.2 Å². The Morgan fingerprint density at radius 1 is 1.10 bits per heavy atom. The highest BCUT2D eigenvalue weighted by Gasteiger charge is 2.15. The molecule has 2 aromatic heterocycles. The predicted octanol–water partition coefficient (Wildman–Crippen LogP) is 4.61. The van der Waals surface area contributed by atoms with Crippen molar-refractivity contribution in [1.29, 1.82) is 0 Å². The number of fused-ring (bicyclic) bond motifs is 1. The average Bonchev–Trinajstić information content (AvgIpc) is 3.25. The number of halogens is 1. The zero-order chi connectivity index (χ0) is 21.6. The van der Waals surface area contributed by atoms with E-state index in [1.165, 1.54) is 28.7 Å². The number of rotatable bonds is 8. The lowest BCUT2D eigenvalue weighted by Gasteiger charge is -2.13. The molecule has 1 N–H and O–H groups in total. The van der Waals surface area contributed by atoms with Gasteiger partial charge in [0, 0.05) is 11.6 Å². The molecule has 4 aromatic rings. The van der Waals surface area contributed by atoms with Crippen molar-refractivity contribution in [1.82, 2.24) is 14.9 Å². The number of thiophene rings is 1. The molecule has 0 aliphatic rings. The Bertz CT molecular complexity index is 1250. The number of carbonyl (C=O) groups excluding carboxylic acids is 1. The summed E-state index contributed by atoms with van der Waals surface area (Å²) in [5.74, 6) is 0.0873. The lowest BCUT2D eigenvalue weighted by Crippen LogP contribution is -2.28. The SMILES string of the molecule is O=C(CSc1nc2ccsc2c(=O)n1Cc1ccccc1Cl)NCCc1ccccc1. The summed E-state index contributed by atoms with van der Waals surface area (Å²) in [6.07, 6.45) is 0.771. The first-order chi connectivity index (χ1) is 15.1. The molecular weight excluding hydrogens is 450 g/mol. The summed E-state index contributed by atoms with van der Waals surface area (Å²) >= 11 is 8.93. The Kier molecular flexibility index (Phi) is 7.06.